The monoisotopic (exact) mass is 433 g/mol. The van der Waals surface area contributed by atoms with E-state index in [1.807, 2.05) is 45.9 Å². The fourth-order valence-electron chi connectivity index (χ4n) is 4.12. The average Bonchev–Trinajstić information content (AvgIpc) is 3.14. The molecule has 0 bridgehead atoms. The number of amides is 3. The van der Waals surface area contributed by atoms with Crippen molar-refractivity contribution in [2.45, 2.75) is 69.3 Å². The maximum Gasteiger partial charge on any atom is 0.256 e. The van der Waals surface area contributed by atoms with E-state index in [0.717, 1.165) is 5.56 Å². The van der Waals surface area contributed by atoms with Gasteiger partial charge >= 0.3 is 0 Å². The fraction of sp³-hybridized carbons (Fsp3) is 0.591. The summed E-state index contributed by atoms with van der Waals surface area (Å²) in [4.78, 5) is 41.0. The summed E-state index contributed by atoms with van der Waals surface area (Å²) in [5.74, 6) is -0.893. The van der Waals surface area contributed by atoms with Crippen molar-refractivity contribution in [2.75, 3.05) is 6.61 Å². The summed E-state index contributed by atoms with van der Waals surface area (Å²) in [6, 6.07) is 5.63. The van der Waals surface area contributed by atoms with Crippen LogP contribution in [0.4, 0.5) is 0 Å². The zero-order valence-electron chi connectivity index (χ0n) is 18.1. The summed E-state index contributed by atoms with van der Waals surface area (Å²) in [5.41, 5.74) is 1.57. The van der Waals surface area contributed by atoms with E-state index in [4.69, 9.17) is 0 Å². The van der Waals surface area contributed by atoms with Gasteiger partial charge < -0.3 is 20.6 Å². The molecule has 5 atom stereocenters. The molecule has 3 N–H and O–H groups in total. The molecule has 0 spiro atoms. The lowest BCUT2D eigenvalue weighted by atomic mass is 9.95. The third-order valence-electron chi connectivity index (χ3n) is 6.00. The van der Waals surface area contributed by atoms with Gasteiger partial charge in [-0.2, -0.15) is 0 Å². The van der Waals surface area contributed by atoms with Crippen molar-refractivity contribution in [3.63, 3.8) is 0 Å². The van der Waals surface area contributed by atoms with Gasteiger partial charge in [0.25, 0.3) is 5.91 Å². The van der Waals surface area contributed by atoms with Gasteiger partial charge in [-0.3, -0.25) is 14.4 Å². The molecule has 1 fully saturated rings. The Morgan fingerprint density at radius 1 is 1.23 bits per heavy atom. The smallest absolute Gasteiger partial charge is 0.256 e. The van der Waals surface area contributed by atoms with Gasteiger partial charge in [-0.25, -0.2) is 0 Å². The van der Waals surface area contributed by atoms with Gasteiger partial charge in [0.1, 0.15) is 17.5 Å². The number of fused-ring (bicyclic) bond motifs is 3. The fourth-order valence-corrected chi connectivity index (χ4v) is 5.71. The van der Waals surface area contributed by atoms with Crippen LogP contribution in [0.1, 0.15) is 62.3 Å². The molecule has 0 aliphatic carbocycles. The topological polar surface area (TPSA) is 98.7 Å². The number of hydrogen-bond donors (Lipinski definition) is 3. The molecule has 0 aromatic heterocycles. The Labute approximate surface area is 182 Å². The Kier molecular flexibility index (Phi) is 6.48. The van der Waals surface area contributed by atoms with Crippen molar-refractivity contribution in [1.82, 2.24) is 15.5 Å². The van der Waals surface area contributed by atoms with Crippen molar-refractivity contribution in [3.8, 4) is 0 Å². The lowest BCUT2D eigenvalue weighted by Crippen LogP contribution is -2.59. The second kappa shape index (κ2) is 8.59. The molecule has 164 valence electrons. The van der Waals surface area contributed by atoms with Crippen molar-refractivity contribution < 1.29 is 19.5 Å². The molecular weight excluding hydrogens is 402 g/mol. The number of nitrogens with zero attached hydrogens (tertiary/aromatic N) is 1. The molecule has 8 heteroatoms. The van der Waals surface area contributed by atoms with Crippen LogP contribution in [0.15, 0.2) is 24.3 Å². The average molecular weight is 434 g/mol. The molecule has 0 saturated carbocycles. The Bertz CT molecular complexity index is 843. The van der Waals surface area contributed by atoms with Gasteiger partial charge in [0, 0.05) is 16.4 Å². The first-order valence-corrected chi connectivity index (χ1v) is 11.3. The number of aliphatic hydroxyl groups excluding tert-OH is 1. The minimum absolute atomic E-state index is 0.0979. The predicted octanol–water partition coefficient (Wildman–Crippen LogP) is 2.06. The van der Waals surface area contributed by atoms with Crippen LogP contribution < -0.4 is 10.6 Å². The molecule has 1 aromatic carbocycles. The van der Waals surface area contributed by atoms with E-state index in [9.17, 15) is 19.5 Å². The van der Waals surface area contributed by atoms with Crippen LogP contribution >= 0.6 is 11.8 Å². The lowest BCUT2D eigenvalue weighted by Gasteiger charge is -2.32. The van der Waals surface area contributed by atoms with E-state index in [-0.39, 0.29) is 35.6 Å². The molecule has 0 unspecified atom stereocenters. The molecule has 2 aliphatic rings. The number of hydrogen-bond acceptors (Lipinski definition) is 5. The van der Waals surface area contributed by atoms with Crippen molar-refractivity contribution in [2.24, 2.45) is 5.92 Å². The number of thioether (sulfide) groups is 1. The summed E-state index contributed by atoms with van der Waals surface area (Å²) >= 11 is 1.60. The zero-order chi connectivity index (χ0) is 22.2. The number of benzene rings is 1. The highest BCUT2D eigenvalue weighted by molar-refractivity contribution is 8.01. The Balaban J connectivity index is 1.85. The van der Waals surface area contributed by atoms with E-state index >= 15 is 0 Å². The molecule has 1 aromatic rings. The first-order valence-electron chi connectivity index (χ1n) is 10.4. The van der Waals surface area contributed by atoms with E-state index in [0.29, 0.717) is 12.0 Å². The molecular formula is C22H31N3O4S. The quantitative estimate of drug-likeness (QED) is 0.611. The standard InChI is InChI=1S/C22H31N3O4S/c1-6-12(2)16(18(27)23-13(3)11-26)24-19(28)17-22(4,5)30-21-15-10-8-7-9-14(15)20(29)25(17)21/h7-10,12-13,16-17,21,26H,6,11H2,1-5H3,(H,23,27)(H,24,28)/t12-,13+,16+,17-,21-/m1/s1. The van der Waals surface area contributed by atoms with Crippen molar-refractivity contribution >= 4 is 29.5 Å². The van der Waals surface area contributed by atoms with Gasteiger partial charge in [-0.05, 0) is 38.3 Å². The third-order valence-corrected chi connectivity index (χ3v) is 7.54. The zero-order valence-corrected chi connectivity index (χ0v) is 19.0. The van der Waals surface area contributed by atoms with Crippen LogP contribution in [0.5, 0.6) is 0 Å². The minimum Gasteiger partial charge on any atom is -0.394 e. The highest BCUT2D eigenvalue weighted by atomic mass is 32.2. The SMILES string of the molecule is CC[C@@H](C)[C@H](NC(=O)[C@H]1N2C(=O)c3ccccc3[C@H]2SC1(C)C)C(=O)N[C@@H](C)CO. The summed E-state index contributed by atoms with van der Waals surface area (Å²) in [6.07, 6.45) is 0.700. The number of carbonyl (C=O) groups excluding carboxylic acids is 3. The van der Waals surface area contributed by atoms with Gasteiger partial charge in [0.15, 0.2) is 0 Å². The Hall–Kier alpha value is -2.06. The minimum atomic E-state index is -0.739. The number of aliphatic hydroxyl groups is 1. The molecule has 30 heavy (non-hydrogen) atoms. The number of carbonyl (C=O) groups is 3. The second-order valence-corrected chi connectivity index (χ2v) is 10.5. The second-order valence-electron chi connectivity index (χ2n) is 8.74. The third kappa shape index (κ3) is 3.95. The molecule has 1 saturated heterocycles. The number of nitrogens with one attached hydrogen (secondary N) is 2. The van der Waals surface area contributed by atoms with Crippen molar-refractivity contribution in [3.05, 3.63) is 35.4 Å². The first kappa shape index (κ1) is 22.6. The van der Waals surface area contributed by atoms with Gasteiger partial charge in [-0.15, -0.1) is 11.8 Å². The molecule has 3 amide bonds. The molecule has 3 rings (SSSR count). The highest BCUT2D eigenvalue weighted by Crippen LogP contribution is 2.56. The maximum atomic E-state index is 13.4. The van der Waals surface area contributed by atoms with Crippen LogP contribution in [-0.2, 0) is 9.59 Å². The lowest BCUT2D eigenvalue weighted by molar-refractivity contribution is -0.133. The number of rotatable bonds is 7. The summed E-state index contributed by atoms with van der Waals surface area (Å²) in [5, 5.41) is 14.7. The van der Waals surface area contributed by atoms with Crippen LogP contribution in [0.25, 0.3) is 0 Å². The van der Waals surface area contributed by atoms with Crippen molar-refractivity contribution in [1.29, 1.82) is 0 Å². The van der Waals surface area contributed by atoms with E-state index < -0.39 is 22.9 Å². The molecule has 2 heterocycles. The van der Waals surface area contributed by atoms with Gasteiger partial charge in [-0.1, -0.05) is 38.5 Å². The largest absolute Gasteiger partial charge is 0.394 e. The van der Waals surface area contributed by atoms with Crippen LogP contribution in [0.2, 0.25) is 0 Å². The Morgan fingerprint density at radius 2 is 1.90 bits per heavy atom. The van der Waals surface area contributed by atoms with E-state index in [2.05, 4.69) is 10.6 Å². The van der Waals surface area contributed by atoms with E-state index in [1.54, 1.807) is 29.7 Å². The summed E-state index contributed by atoms with van der Waals surface area (Å²) in [7, 11) is 0. The molecule has 7 nitrogen and oxygen atoms in total. The summed E-state index contributed by atoms with van der Waals surface area (Å²) in [6.45, 7) is 9.31. The van der Waals surface area contributed by atoms with Crippen LogP contribution in [0, 0.1) is 5.92 Å². The molecule has 2 aliphatic heterocycles. The van der Waals surface area contributed by atoms with E-state index in [1.165, 1.54) is 0 Å². The molecule has 0 radical (unpaired) electrons. The predicted molar refractivity (Wildman–Crippen MR) is 117 cm³/mol. The highest BCUT2D eigenvalue weighted by Gasteiger charge is 2.57. The Morgan fingerprint density at radius 3 is 2.53 bits per heavy atom. The van der Waals surface area contributed by atoms with Crippen LogP contribution in [-0.4, -0.2) is 57.2 Å². The van der Waals surface area contributed by atoms with Gasteiger partial charge in [0.2, 0.25) is 11.8 Å². The normalized spacial score (nSPS) is 24.6. The summed E-state index contributed by atoms with van der Waals surface area (Å²) < 4.78 is -0.507. The van der Waals surface area contributed by atoms with Gasteiger partial charge in [0.05, 0.1) is 6.61 Å². The maximum absolute atomic E-state index is 13.4. The first-order chi connectivity index (χ1) is 14.1. The van der Waals surface area contributed by atoms with Crippen LogP contribution in [0.3, 0.4) is 0 Å².